The van der Waals surface area contributed by atoms with E-state index < -0.39 is 0 Å². The molecule has 0 amide bonds. The second-order valence-electron chi connectivity index (χ2n) is 4.14. The van der Waals surface area contributed by atoms with Gasteiger partial charge in [-0.25, -0.2) is 9.97 Å². The van der Waals surface area contributed by atoms with Gasteiger partial charge in [0.05, 0.1) is 0 Å². The van der Waals surface area contributed by atoms with Gasteiger partial charge in [0.2, 0.25) is 0 Å². The van der Waals surface area contributed by atoms with Crippen molar-refractivity contribution in [3.05, 3.63) is 16.5 Å². The first-order valence-electron chi connectivity index (χ1n) is 5.87. The normalized spacial score (nSPS) is 10.9. The molecule has 3 nitrogen and oxygen atoms in total. The molecule has 1 heterocycles. The minimum atomic E-state index is 0.358. The predicted molar refractivity (Wildman–Crippen MR) is 72.0 cm³/mol. The van der Waals surface area contributed by atoms with Crippen LogP contribution >= 0.6 is 15.9 Å². The van der Waals surface area contributed by atoms with Crippen molar-refractivity contribution in [2.24, 2.45) is 0 Å². The zero-order valence-corrected chi connectivity index (χ0v) is 12.1. The largest absolute Gasteiger partial charge is 0.357 e. The quantitative estimate of drug-likeness (QED) is 0.774. The van der Waals surface area contributed by atoms with Crippen LogP contribution in [0.2, 0.25) is 0 Å². The van der Waals surface area contributed by atoms with Crippen molar-refractivity contribution in [1.82, 2.24) is 9.97 Å². The van der Waals surface area contributed by atoms with Gasteiger partial charge in [0.25, 0.3) is 0 Å². The Morgan fingerprint density at radius 1 is 1.31 bits per heavy atom. The van der Waals surface area contributed by atoms with Crippen molar-refractivity contribution in [2.45, 2.75) is 40.0 Å². The van der Waals surface area contributed by atoms with Crippen LogP contribution in [0.3, 0.4) is 0 Å². The summed E-state index contributed by atoms with van der Waals surface area (Å²) in [5, 5.41) is 0. The monoisotopic (exact) mass is 285 g/mol. The molecule has 16 heavy (non-hydrogen) atoms. The highest BCUT2D eigenvalue weighted by molar-refractivity contribution is 9.10. The summed E-state index contributed by atoms with van der Waals surface area (Å²) in [4.78, 5) is 11.3. The number of aromatic nitrogens is 2. The number of hydrogen-bond donors (Lipinski definition) is 0. The van der Waals surface area contributed by atoms with E-state index in [2.05, 4.69) is 58.5 Å². The average Bonchev–Trinajstić information content (AvgIpc) is 2.24. The molecule has 0 aromatic carbocycles. The Bertz CT molecular complexity index is 339. The van der Waals surface area contributed by atoms with Crippen molar-refractivity contribution in [3.63, 3.8) is 0 Å². The van der Waals surface area contributed by atoms with Gasteiger partial charge in [-0.2, -0.15) is 0 Å². The van der Waals surface area contributed by atoms with Gasteiger partial charge < -0.3 is 4.90 Å². The van der Waals surface area contributed by atoms with Gasteiger partial charge in [-0.3, -0.25) is 0 Å². The summed E-state index contributed by atoms with van der Waals surface area (Å²) in [5.74, 6) is 2.28. The maximum Gasteiger partial charge on any atom is 0.134 e. The Morgan fingerprint density at radius 3 is 2.50 bits per heavy atom. The van der Waals surface area contributed by atoms with Gasteiger partial charge in [-0.15, -0.1) is 0 Å². The molecule has 1 rings (SSSR count). The third-order valence-corrected chi connectivity index (χ3v) is 2.82. The van der Waals surface area contributed by atoms with Crippen molar-refractivity contribution < 1.29 is 0 Å². The maximum absolute atomic E-state index is 4.61. The zero-order valence-electron chi connectivity index (χ0n) is 10.5. The molecular weight excluding hydrogens is 266 g/mol. The first kappa shape index (κ1) is 13.4. The van der Waals surface area contributed by atoms with Crippen molar-refractivity contribution in [1.29, 1.82) is 0 Å². The summed E-state index contributed by atoms with van der Waals surface area (Å²) in [6.45, 7) is 10.6. The van der Waals surface area contributed by atoms with Crippen LogP contribution in [0.5, 0.6) is 0 Å². The van der Waals surface area contributed by atoms with E-state index in [1.807, 2.05) is 6.07 Å². The van der Waals surface area contributed by atoms with Crippen molar-refractivity contribution in [3.8, 4) is 0 Å². The molecule has 0 aliphatic heterocycles. The van der Waals surface area contributed by atoms with Crippen LogP contribution in [0.25, 0.3) is 0 Å². The van der Waals surface area contributed by atoms with Gasteiger partial charge in [0.1, 0.15) is 16.2 Å². The van der Waals surface area contributed by atoms with Crippen LogP contribution in [0.15, 0.2) is 10.7 Å². The topological polar surface area (TPSA) is 29.0 Å². The predicted octanol–water partition coefficient (Wildman–Crippen LogP) is 3.60. The van der Waals surface area contributed by atoms with E-state index in [9.17, 15) is 0 Å². The molecule has 1 aromatic heterocycles. The Morgan fingerprint density at radius 2 is 2.00 bits per heavy atom. The van der Waals surface area contributed by atoms with Crippen LogP contribution in [-0.4, -0.2) is 23.1 Å². The minimum Gasteiger partial charge on any atom is -0.357 e. The second kappa shape index (κ2) is 6.18. The molecule has 0 saturated carbocycles. The van der Waals surface area contributed by atoms with Gasteiger partial charge in [0.15, 0.2) is 0 Å². The Kier molecular flexibility index (Phi) is 5.19. The molecule has 1 aromatic rings. The first-order chi connectivity index (χ1) is 7.58. The lowest BCUT2D eigenvalue weighted by Gasteiger charge is -2.22. The average molecular weight is 286 g/mol. The minimum absolute atomic E-state index is 0.358. The molecule has 0 N–H and O–H groups in total. The summed E-state index contributed by atoms with van der Waals surface area (Å²) >= 11 is 3.45. The van der Waals surface area contributed by atoms with E-state index >= 15 is 0 Å². The molecule has 0 bridgehead atoms. The highest BCUT2D eigenvalue weighted by atomic mass is 79.9. The van der Waals surface area contributed by atoms with E-state index in [1.165, 1.54) is 0 Å². The van der Waals surface area contributed by atoms with E-state index in [4.69, 9.17) is 0 Å². The molecule has 0 aliphatic carbocycles. The van der Waals surface area contributed by atoms with Crippen LogP contribution in [0, 0.1) is 0 Å². The molecular formula is C12H20BrN3. The van der Waals surface area contributed by atoms with Crippen molar-refractivity contribution >= 4 is 21.7 Å². The summed E-state index contributed by atoms with van der Waals surface area (Å²) in [6, 6.07) is 1.99. The molecule has 90 valence electrons. The number of anilines is 1. The fraction of sp³-hybridized carbons (Fsp3) is 0.667. The van der Waals surface area contributed by atoms with E-state index in [1.54, 1.807) is 0 Å². The third kappa shape index (κ3) is 3.44. The Balaban J connectivity index is 3.02. The van der Waals surface area contributed by atoms with Crippen LogP contribution in [0.4, 0.5) is 5.82 Å². The smallest absolute Gasteiger partial charge is 0.134 e. The lowest BCUT2D eigenvalue weighted by molar-refractivity contribution is 0.734. The summed E-state index contributed by atoms with van der Waals surface area (Å²) < 4.78 is 0.871. The number of halogens is 1. The van der Waals surface area contributed by atoms with E-state index in [0.717, 1.165) is 35.8 Å². The second-order valence-corrected chi connectivity index (χ2v) is 4.95. The Labute approximate surface area is 106 Å². The standard InChI is InChI=1S/C12H20BrN3/c1-5-7-16(6-2)11-8-10(13)14-12(15-11)9(3)4/h8-9H,5-7H2,1-4H3. The van der Waals surface area contributed by atoms with Gasteiger partial charge >= 0.3 is 0 Å². The first-order valence-corrected chi connectivity index (χ1v) is 6.67. The SMILES string of the molecule is CCCN(CC)c1cc(Br)nc(C(C)C)n1. The number of rotatable bonds is 5. The fourth-order valence-corrected chi connectivity index (χ4v) is 1.93. The molecule has 0 radical (unpaired) electrons. The highest BCUT2D eigenvalue weighted by Crippen LogP contribution is 2.20. The van der Waals surface area contributed by atoms with E-state index in [-0.39, 0.29) is 0 Å². The summed E-state index contributed by atoms with van der Waals surface area (Å²) in [6.07, 6.45) is 1.13. The lowest BCUT2D eigenvalue weighted by Crippen LogP contribution is -2.25. The Hall–Kier alpha value is -0.640. The van der Waals surface area contributed by atoms with Crippen molar-refractivity contribution in [2.75, 3.05) is 18.0 Å². The van der Waals surface area contributed by atoms with Crippen LogP contribution < -0.4 is 4.90 Å². The molecule has 0 saturated heterocycles. The summed E-state index contributed by atoms with van der Waals surface area (Å²) in [7, 11) is 0. The zero-order chi connectivity index (χ0) is 12.1. The summed E-state index contributed by atoms with van der Waals surface area (Å²) in [5.41, 5.74) is 0. The molecule has 0 fully saturated rings. The maximum atomic E-state index is 4.61. The fourth-order valence-electron chi connectivity index (χ4n) is 1.55. The van der Waals surface area contributed by atoms with Gasteiger partial charge in [-0.1, -0.05) is 20.8 Å². The third-order valence-electron chi connectivity index (χ3n) is 2.41. The molecule has 0 aliphatic rings. The lowest BCUT2D eigenvalue weighted by atomic mass is 10.2. The van der Waals surface area contributed by atoms with Crippen LogP contribution in [0.1, 0.15) is 45.9 Å². The highest BCUT2D eigenvalue weighted by Gasteiger charge is 2.10. The van der Waals surface area contributed by atoms with Gasteiger partial charge in [0, 0.05) is 25.1 Å². The molecule has 0 atom stereocenters. The number of hydrogen-bond acceptors (Lipinski definition) is 3. The van der Waals surface area contributed by atoms with Crippen LogP contribution in [-0.2, 0) is 0 Å². The molecule has 4 heteroatoms. The molecule has 0 spiro atoms. The van der Waals surface area contributed by atoms with E-state index in [0.29, 0.717) is 5.92 Å². The number of nitrogens with zero attached hydrogens (tertiary/aromatic N) is 3. The molecule has 0 unspecified atom stereocenters. The van der Waals surface area contributed by atoms with Gasteiger partial charge in [-0.05, 0) is 29.3 Å².